The summed E-state index contributed by atoms with van der Waals surface area (Å²) in [5.41, 5.74) is 0.948. The second-order valence-corrected chi connectivity index (χ2v) is 8.56. The first-order valence-electron chi connectivity index (χ1n) is 10.8. The lowest BCUT2D eigenvalue weighted by molar-refractivity contribution is 0.295. The Morgan fingerprint density at radius 2 is 1.54 bits per heavy atom. The molecule has 0 radical (unpaired) electrons. The lowest BCUT2D eigenvalue weighted by Crippen LogP contribution is -2.14. The van der Waals surface area contributed by atoms with Crippen LogP contribution in [0, 0.1) is 40.7 Å². The third-order valence-corrected chi connectivity index (χ3v) is 6.67. The van der Waals surface area contributed by atoms with Crippen LogP contribution < -0.4 is 0 Å². The minimum atomic E-state index is -0.756. The largest absolute Gasteiger partial charge is 0.204 e. The molecule has 150 valence electrons. The summed E-state index contributed by atoms with van der Waals surface area (Å²) in [4.78, 5) is 0. The van der Waals surface area contributed by atoms with E-state index in [4.69, 9.17) is 5.26 Å². The zero-order valence-electron chi connectivity index (χ0n) is 16.6. The average molecular weight is 384 g/mol. The molecule has 0 bridgehead atoms. The Labute approximate surface area is 168 Å². The molecule has 0 atom stereocenters. The van der Waals surface area contributed by atoms with Gasteiger partial charge in [0.15, 0.2) is 11.6 Å². The van der Waals surface area contributed by atoms with E-state index in [0.717, 1.165) is 49.5 Å². The summed E-state index contributed by atoms with van der Waals surface area (Å²) < 4.78 is 26.6. The van der Waals surface area contributed by atoms with Crippen molar-refractivity contribution in [3.05, 3.63) is 59.7 Å². The molecule has 0 saturated heterocycles. The van der Waals surface area contributed by atoms with Crippen LogP contribution in [0.15, 0.2) is 42.5 Å². The van der Waals surface area contributed by atoms with Crippen molar-refractivity contribution >= 4 is 0 Å². The highest BCUT2D eigenvalue weighted by Crippen LogP contribution is 2.38. The van der Waals surface area contributed by atoms with Crippen molar-refractivity contribution in [1.82, 2.24) is 0 Å². The van der Waals surface area contributed by atoms with Crippen LogP contribution >= 0.6 is 0 Å². The Kier molecular flexibility index (Phi) is 7.83. The Hall–Kier alpha value is -1.95. The van der Waals surface area contributed by atoms with Crippen LogP contribution in [0.3, 0.4) is 0 Å². The van der Waals surface area contributed by atoms with Crippen molar-refractivity contribution in [2.24, 2.45) is 17.8 Å². The Balaban J connectivity index is 1.38. The Morgan fingerprint density at radius 3 is 2.14 bits per heavy atom. The molecule has 1 aromatic carbocycles. The van der Waals surface area contributed by atoms with Crippen LogP contribution in [-0.2, 0) is 0 Å². The molecule has 3 heteroatoms. The van der Waals surface area contributed by atoms with Gasteiger partial charge in [-0.25, -0.2) is 8.78 Å². The lowest BCUT2D eigenvalue weighted by atomic mass is 9.77. The summed E-state index contributed by atoms with van der Waals surface area (Å²) in [7, 11) is 0. The molecule has 0 amide bonds. The summed E-state index contributed by atoms with van der Waals surface area (Å²) in [5.74, 6) is 1.06. The van der Waals surface area contributed by atoms with E-state index in [0.29, 0.717) is 11.8 Å². The third kappa shape index (κ3) is 6.03. The van der Waals surface area contributed by atoms with Crippen LogP contribution in [0.25, 0.3) is 0 Å². The highest BCUT2D eigenvalue weighted by molar-refractivity contribution is 5.22. The van der Waals surface area contributed by atoms with E-state index in [-0.39, 0.29) is 0 Å². The first-order chi connectivity index (χ1) is 13.7. The predicted octanol–water partition coefficient (Wildman–Crippen LogP) is 7.46. The maximum atomic E-state index is 13.5. The van der Waals surface area contributed by atoms with Crippen LogP contribution in [0.2, 0.25) is 0 Å². The van der Waals surface area contributed by atoms with E-state index in [9.17, 15) is 8.78 Å². The number of nitrogens with zero attached hydrogens (tertiary/aromatic N) is 1. The quantitative estimate of drug-likeness (QED) is 0.369. The number of hydrogen-bond acceptors (Lipinski definition) is 1. The van der Waals surface area contributed by atoms with Crippen molar-refractivity contribution in [3.63, 3.8) is 0 Å². The summed E-state index contributed by atoms with van der Waals surface area (Å²) in [6.45, 7) is 0. The molecule has 3 rings (SSSR count). The van der Waals surface area contributed by atoms with Gasteiger partial charge in [-0.3, -0.25) is 0 Å². The minimum absolute atomic E-state index is 0.366. The number of allylic oxidation sites excluding steroid dienone is 4. The molecule has 0 unspecified atom stereocenters. The van der Waals surface area contributed by atoms with Gasteiger partial charge in [-0.2, -0.15) is 5.26 Å². The monoisotopic (exact) mass is 383 g/mol. The first-order valence-corrected chi connectivity index (χ1v) is 10.8. The molecular formula is C25H31F2N. The third-order valence-electron chi connectivity index (χ3n) is 6.67. The van der Waals surface area contributed by atoms with Gasteiger partial charge in [-0.15, -0.1) is 0 Å². The molecular weight excluding hydrogens is 352 g/mol. The van der Waals surface area contributed by atoms with E-state index in [1.54, 1.807) is 12.1 Å². The van der Waals surface area contributed by atoms with Crippen molar-refractivity contribution in [1.29, 1.82) is 5.26 Å². The number of rotatable bonds is 6. The summed E-state index contributed by atoms with van der Waals surface area (Å²) >= 11 is 0. The lowest BCUT2D eigenvalue weighted by Gasteiger charge is -2.29. The van der Waals surface area contributed by atoms with Crippen molar-refractivity contribution < 1.29 is 8.78 Å². The normalized spacial score (nSPS) is 28.6. The predicted molar refractivity (Wildman–Crippen MR) is 110 cm³/mol. The van der Waals surface area contributed by atoms with E-state index >= 15 is 0 Å². The molecule has 0 spiro atoms. The first kappa shape index (κ1) is 20.8. The Morgan fingerprint density at radius 1 is 0.893 bits per heavy atom. The second-order valence-electron chi connectivity index (χ2n) is 8.56. The highest BCUT2D eigenvalue weighted by atomic mass is 19.2. The average Bonchev–Trinajstić information content (AvgIpc) is 2.73. The summed E-state index contributed by atoms with van der Waals surface area (Å²) in [6.07, 6.45) is 20.3. The minimum Gasteiger partial charge on any atom is -0.204 e. The summed E-state index contributed by atoms with van der Waals surface area (Å²) in [5, 5.41) is 8.52. The van der Waals surface area contributed by atoms with Crippen molar-refractivity contribution in [3.8, 4) is 6.07 Å². The molecule has 0 heterocycles. The van der Waals surface area contributed by atoms with Gasteiger partial charge >= 0.3 is 0 Å². The fourth-order valence-corrected chi connectivity index (χ4v) is 4.86. The molecule has 0 aromatic heterocycles. The molecule has 2 aliphatic carbocycles. The molecule has 2 aliphatic rings. The van der Waals surface area contributed by atoms with Gasteiger partial charge in [-0.1, -0.05) is 24.3 Å². The molecule has 1 nitrogen and oxygen atoms in total. The maximum absolute atomic E-state index is 13.5. The molecule has 0 N–H and O–H groups in total. The van der Waals surface area contributed by atoms with Crippen molar-refractivity contribution in [2.75, 3.05) is 0 Å². The zero-order valence-corrected chi connectivity index (χ0v) is 16.6. The number of halogens is 2. The van der Waals surface area contributed by atoms with Gasteiger partial charge in [0.1, 0.15) is 0 Å². The van der Waals surface area contributed by atoms with E-state index < -0.39 is 11.6 Å². The van der Waals surface area contributed by atoms with Gasteiger partial charge in [0, 0.05) is 6.08 Å². The maximum Gasteiger partial charge on any atom is 0.159 e. The standard InChI is InChI=1S/C25H31F2N/c26-24-16-15-23(18-25(24)27)22-13-11-21(12-14-22)10-9-20-7-5-19(6-8-20)4-2-1-3-17-28/h1,3,9-10,15-16,18-22H,2,4-8,11-14H2. The zero-order chi connectivity index (χ0) is 19.8. The topological polar surface area (TPSA) is 23.8 Å². The molecule has 2 saturated carbocycles. The fourth-order valence-electron chi connectivity index (χ4n) is 4.86. The van der Waals surface area contributed by atoms with Crippen LogP contribution in [0.1, 0.15) is 75.7 Å². The van der Waals surface area contributed by atoms with Crippen LogP contribution in [0.5, 0.6) is 0 Å². The van der Waals surface area contributed by atoms with Gasteiger partial charge < -0.3 is 0 Å². The summed E-state index contributed by atoms with van der Waals surface area (Å²) in [6, 6.07) is 6.44. The van der Waals surface area contributed by atoms with Gasteiger partial charge in [0.25, 0.3) is 0 Å². The number of nitriles is 1. The molecule has 28 heavy (non-hydrogen) atoms. The molecule has 1 aromatic rings. The Bertz CT molecular complexity index is 715. The van der Waals surface area contributed by atoms with E-state index in [2.05, 4.69) is 18.2 Å². The number of hydrogen-bond donors (Lipinski definition) is 0. The van der Waals surface area contributed by atoms with Gasteiger partial charge in [-0.05, 0) is 106 Å². The second kappa shape index (κ2) is 10.6. The van der Waals surface area contributed by atoms with E-state index in [1.165, 1.54) is 44.2 Å². The van der Waals surface area contributed by atoms with Gasteiger partial charge in [0.2, 0.25) is 0 Å². The smallest absolute Gasteiger partial charge is 0.159 e. The highest BCUT2D eigenvalue weighted by Gasteiger charge is 2.23. The fraction of sp³-hybridized carbons (Fsp3) is 0.560. The molecule has 0 aliphatic heterocycles. The van der Waals surface area contributed by atoms with Crippen LogP contribution in [-0.4, -0.2) is 0 Å². The van der Waals surface area contributed by atoms with Crippen LogP contribution in [0.4, 0.5) is 8.78 Å². The SMILES string of the molecule is N#CC=CCCC1CCC(C=CC2CCC(c3ccc(F)c(F)c3)CC2)CC1. The number of benzene rings is 1. The molecule has 2 fully saturated rings. The van der Waals surface area contributed by atoms with E-state index in [1.807, 2.05) is 6.08 Å². The van der Waals surface area contributed by atoms with Crippen molar-refractivity contribution in [2.45, 2.75) is 70.1 Å². The van der Waals surface area contributed by atoms with Gasteiger partial charge in [0.05, 0.1) is 6.07 Å².